The average molecular weight is 384 g/mol. The van der Waals surface area contributed by atoms with Crippen molar-refractivity contribution in [1.29, 1.82) is 0 Å². The van der Waals surface area contributed by atoms with E-state index in [9.17, 15) is 18.3 Å². The highest BCUT2D eigenvalue weighted by Gasteiger charge is 2.32. The summed E-state index contributed by atoms with van der Waals surface area (Å²) in [5.41, 5.74) is 0. The highest BCUT2D eigenvalue weighted by molar-refractivity contribution is 7.89. The number of hydrogen-bond donors (Lipinski definition) is 3. The molecule has 1 fully saturated rings. The largest absolute Gasteiger partial charge is 0.394 e. The van der Waals surface area contributed by atoms with Gasteiger partial charge in [-0.05, 0) is 18.8 Å². The molecule has 144 valence electrons. The van der Waals surface area contributed by atoms with Gasteiger partial charge in [-0.1, -0.05) is 12.2 Å². The molecule has 10 heteroatoms. The van der Waals surface area contributed by atoms with Gasteiger partial charge in [0.2, 0.25) is 5.91 Å². The number of aliphatic hydroxyl groups is 1. The van der Waals surface area contributed by atoms with Gasteiger partial charge in [0.25, 0.3) is 10.0 Å². The van der Waals surface area contributed by atoms with Crippen LogP contribution in [0.2, 0.25) is 0 Å². The molecule has 0 aromatic carbocycles. The molecule has 3 rings (SSSR count). The van der Waals surface area contributed by atoms with Crippen LogP contribution in [-0.2, 0) is 26.6 Å². The first-order valence-electron chi connectivity index (χ1n) is 8.59. The summed E-state index contributed by atoms with van der Waals surface area (Å²) in [6, 6.07) is -0.738. The summed E-state index contributed by atoms with van der Waals surface area (Å²) < 4.78 is 34.4. The molecular weight excluding hydrogens is 360 g/mol. The van der Waals surface area contributed by atoms with Crippen LogP contribution < -0.4 is 10.0 Å². The van der Waals surface area contributed by atoms with Crippen LogP contribution in [0.4, 0.5) is 0 Å². The molecule has 3 atom stereocenters. The molecule has 1 aliphatic heterocycles. The first-order valence-corrected chi connectivity index (χ1v) is 10.1. The Labute approximate surface area is 152 Å². The molecule has 1 aromatic rings. The number of aryl methyl sites for hydroxylation is 1. The Morgan fingerprint density at radius 3 is 2.81 bits per heavy atom. The summed E-state index contributed by atoms with van der Waals surface area (Å²) in [5.74, 6) is 0.480. The third kappa shape index (κ3) is 4.91. The lowest BCUT2D eigenvalue weighted by molar-refractivity contribution is -0.125. The van der Waals surface area contributed by atoms with E-state index in [1.165, 1.54) is 17.1 Å². The molecule has 1 saturated carbocycles. The van der Waals surface area contributed by atoms with E-state index in [-0.39, 0.29) is 24.0 Å². The van der Waals surface area contributed by atoms with E-state index in [0.717, 1.165) is 12.8 Å². The normalized spacial score (nSPS) is 26.0. The van der Waals surface area contributed by atoms with Crippen molar-refractivity contribution < 1.29 is 23.1 Å². The molecule has 0 radical (unpaired) electrons. The minimum absolute atomic E-state index is 0.105. The number of carbonyl (C=O) groups is 1. The summed E-state index contributed by atoms with van der Waals surface area (Å²) in [6.45, 7) is 0.311. The number of imidazole rings is 1. The summed E-state index contributed by atoms with van der Waals surface area (Å²) in [5, 5.41) is 12.3. The molecule has 1 aliphatic carbocycles. The van der Waals surface area contributed by atoms with Gasteiger partial charge in [0.05, 0.1) is 31.5 Å². The summed E-state index contributed by atoms with van der Waals surface area (Å²) >= 11 is 0. The lowest BCUT2D eigenvalue weighted by Gasteiger charge is -2.31. The zero-order chi connectivity index (χ0) is 18.7. The fourth-order valence-electron chi connectivity index (χ4n) is 2.71. The summed E-state index contributed by atoms with van der Waals surface area (Å²) in [7, 11) is -2.17. The highest BCUT2D eigenvalue weighted by Crippen LogP contribution is 2.27. The number of aromatic nitrogens is 2. The Bertz CT molecular complexity index is 771. The Balaban J connectivity index is 1.59. The van der Waals surface area contributed by atoms with Gasteiger partial charge in [0.1, 0.15) is 6.10 Å². The molecular formula is C16H24N4O5S. The maximum atomic E-state index is 12.4. The number of aliphatic hydroxyl groups excluding tert-OH is 1. The molecule has 26 heavy (non-hydrogen) atoms. The van der Waals surface area contributed by atoms with Crippen molar-refractivity contribution in [2.45, 2.75) is 42.5 Å². The van der Waals surface area contributed by atoms with Gasteiger partial charge in [-0.15, -0.1) is 0 Å². The zero-order valence-corrected chi connectivity index (χ0v) is 15.4. The molecule has 0 unspecified atom stereocenters. The van der Waals surface area contributed by atoms with Crippen molar-refractivity contribution in [3.05, 3.63) is 24.7 Å². The van der Waals surface area contributed by atoms with Crippen molar-refractivity contribution >= 4 is 15.9 Å². The molecule has 0 saturated heterocycles. The Kier molecular flexibility index (Phi) is 5.76. The molecule has 0 spiro atoms. The van der Waals surface area contributed by atoms with E-state index < -0.39 is 28.3 Å². The van der Waals surface area contributed by atoms with E-state index in [1.807, 2.05) is 0 Å². The van der Waals surface area contributed by atoms with Crippen LogP contribution in [0, 0.1) is 5.92 Å². The number of carbonyl (C=O) groups excluding carboxylic acids is 1. The van der Waals surface area contributed by atoms with Gasteiger partial charge in [-0.2, -0.15) is 0 Å². The number of rotatable bonds is 8. The topological polar surface area (TPSA) is 123 Å². The van der Waals surface area contributed by atoms with Crippen LogP contribution in [0.25, 0.3) is 0 Å². The predicted octanol–water partition coefficient (Wildman–Crippen LogP) is -0.701. The Morgan fingerprint density at radius 1 is 1.42 bits per heavy atom. The van der Waals surface area contributed by atoms with Gasteiger partial charge in [0, 0.05) is 19.8 Å². The van der Waals surface area contributed by atoms with Crippen molar-refractivity contribution in [1.82, 2.24) is 19.6 Å². The lowest BCUT2D eigenvalue weighted by atomic mass is 10.1. The van der Waals surface area contributed by atoms with E-state index >= 15 is 0 Å². The molecule has 2 aliphatic rings. The second-order valence-electron chi connectivity index (χ2n) is 6.76. The minimum atomic E-state index is -3.84. The van der Waals surface area contributed by atoms with Crippen LogP contribution in [0.1, 0.15) is 19.3 Å². The standard InChI is InChI=1S/C16H24N4O5S/c1-20-8-16(18-10-20)26(23,24)19-13-5-4-12(25-14(13)9-21)6-15(22)17-7-11-2-3-11/h4-5,8,10-14,19,21H,2-3,6-7,9H2,1H3,(H,17,22)/t12-,13+,14+/m0/s1. The molecule has 1 amide bonds. The van der Waals surface area contributed by atoms with Gasteiger partial charge in [-0.3, -0.25) is 4.79 Å². The minimum Gasteiger partial charge on any atom is -0.394 e. The Morgan fingerprint density at radius 2 is 2.19 bits per heavy atom. The maximum absolute atomic E-state index is 12.4. The van der Waals surface area contributed by atoms with Crippen molar-refractivity contribution in [2.75, 3.05) is 13.2 Å². The van der Waals surface area contributed by atoms with Crippen LogP contribution in [0.15, 0.2) is 29.7 Å². The number of hydrogen-bond acceptors (Lipinski definition) is 6. The fourth-order valence-corrected chi connectivity index (χ4v) is 3.91. The third-order valence-electron chi connectivity index (χ3n) is 4.38. The van der Waals surface area contributed by atoms with Crippen LogP contribution in [-0.4, -0.2) is 60.4 Å². The molecule has 3 N–H and O–H groups in total. The van der Waals surface area contributed by atoms with Crippen molar-refractivity contribution in [3.63, 3.8) is 0 Å². The van der Waals surface area contributed by atoms with E-state index in [4.69, 9.17) is 4.74 Å². The third-order valence-corrected chi connectivity index (χ3v) is 5.73. The lowest BCUT2D eigenvalue weighted by Crippen LogP contribution is -2.49. The van der Waals surface area contributed by atoms with E-state index in [1.54, 1.807) is 19.2 Å². The second-order valence-corrected chi connectivity index (χ2v) is 8.42. The maximum Gasteiger partial charge on any atom is 0.260 e. The fraction of sp³-hybridized carbons (Fsp3) is 0.625. The first kappa shape index (κ1) is 19.0. The Hall–Kier alpha value is -1.75. The first-order chi connectivity index (χ1) is 12.4. The molecule has 2 heterocycles. The quantitative estimate of drug-likeness (QED) is 0.510. The van der Waals surface area contributed by atoms with Crippen molar-refractivity contribution in [3.8, 4) is 0 Å². The van der Waals surface area contributed by atoms with E-state index in [2.05, 4.69) is 15.0 Å². The number of nitrogens with one attached hydrogen (secondary N) is 2. The van der Waals surface area contributed by atoms with Gasteiger partial charge in [0.15, 0.2) is 5.03 Å². The van der Waals surface area contributed by atoms with Gasteiger partial charge in [-0.25, -0.2) is 18.1 Å². The van der Waals surface area contributed by atoms with Gasteiger partial charge >= 0.3 is 0 Å². The monoisotopic (exact) mass is 384 g/mol. The van der Waals surface area contributed by atoms with Crippen LogP contribution in [0.3, 0.4) is 0 Å². The summed E-state index contributed by atoms with van der Waals surface area (Å²) in [6.07, 6.45) is 7.22. The van der Waals surface area contributed by atoms with E-state index in [0.29, 0.717) is 12.5 Å². The number of amides is 1. The zero-order valence-electron chi connectivity index (χ0n) is 14.5. The second kappa shape index (κ2) is 7.87. The number of nitrogens with zero attached hydrogens (tertiary/aromatic N) is 2. The molecule has 0 bridgehead atoms. The van der Waals surface area contributed by atoms with Gasteiger partial charge < -0.3 is 19.7 Å². The number of sulfonamides is 1. The molecule has 1 aromatic heterocycles. The molecule has 9 nitrogen and oxygen atoms in total. The van der Waals surface area contributed by atoms with Crippen LogP contribution >= 0.6 is 0 Å². The SMILES string of the molecule is Cn1cnc(S(=O)(=O)N[C@@H]2C=C[C@@H](CC(=O)NCC3CC3)O[C@@H]2CO)c1. The van der Waals surface area contributed by atoms with Crippen LogP contribution in [0.5, 0.6) is 0 Å². The smallest absolute Gasteiger partial charge is 0.260 e. The number of ether oxygens (including phenoxy) is 1. The summed E-state index contributed by atoms with van der Waals surface area (Å²) in [4.78, 5) is 15.8. The average Bonchev–Trinajstić information content (AvgIpc) is 3.32. The highest BCUT2D eigenvalue weighted by atomic mass is 32.2. The van der Waals surface area contributed by atoms with Crippen molar-refractivity contribution in [2.24, 2.45) is 13.0 Å². The predicted molar refractivity (Wildman–Crippen MR) is 92.6 cm³/mol.